The largest absolute Gasteiger partial charge is 0.397 e. The van der Waals surface area contributed by atoms with Gasteiger partial charge in [0.05, 0.1) is 11.4 Å². The summed E-state index contributed by atoms with van der Waals surface area (Å²) in [6, 6.07) is 5.09. The van der Waals surface area contributed by atoms with Crippen LogP contribution >= 0.6 is 23.4 Å². The fourth-order valence-electron chi connectivity index (χ4n) is 1.75. The highest BCUT2D eigenvalue weighted by atomic mass is 35.5. The van der Waals surface area contributed by atoms with Crippen molar-refractivity contribution in [3.05, 3.63) is 23.2 Å². The lowest BCUT2D eigenvalue weighted by Crippen LogP contribution is -2.12. The normalized spacial score (nSPS) is 10.5. The second kappa shape index (κ2) is 9.94. The molecule has 0 aromatic heterocycles. The van der Waals surface area contributed by atoms with Crippen molar-refractivity contribution < 1.29 is 4.79 Å². The van der Waals surface area contributed by atoms with E-state index in [9.17, 15) is 4.79 Å². The monoisotopic (exact) mass is 314 g/mol. The zero-order valence-corrected chi connectivity index (χ0v) is 13.5. The topological polar surface area (TPSA) is 55.1 Å². The number of rotatable bonds is 9. The summed E-state index contributed by atoms with van der Waals surface area (Å²) in [5, 5.41) is 3.39. The number of amides is 1. The van der Waals surface area contributed by atoms with Gasteiger partial charge in [-0.25, -0.2) is 0 Å². The van der Waals surface area contributed by atoms with E-state index in [-0.39, 0.29) is 5.91 Å². The number of anilines is 2. The Morgan fingerprint density at radius 3 is 2.75 bits per heavy atom. The molecule has 0 saturated heterocycles. The van der Waals surface area contributed by atoms with Crippen LogP contribution in [0.5, 0.6) is 0 Å². The summed E-state index contributed by atoms with van der Waals surface area (Å²) in [6.07, 6.45) is 5.25. The lowest BCUT2D eigenvalue weighted by molar-refractivity contribution is -0.116. The summed E-state index contributed by atoms with van der Waals surface area (Å²) in [7, 11) is 0. The molecule has 0 aliphatic carbocycles. The van der Waals surface area contributed by atoms with Gasteiger partial charge in [-0.15, -0.1) is 0 Å². The maximum Gasteiger partial charge on any atom is 0.224 e. The molecule has 3 N–H and O–H groups in total. The van der Waals surface area contributed by atoms with Crippen molar-refractivity contribution in [2.45, 2.75) is 39.0 Å². The van der Waals surface area contributed by atoms with Crippen LogP contribution in [-0.4, -0.2) is 17.4 Å². The van der Waals surface area contributed by atoms with Crippen molar-refractivity contribution in [2.75, 3.05) is 22.6 Å². The quantitative estimate of drug-likeness (QED) is 0.519. The standard InChI is InChI=1S/C15H23ClN2OS/c1-2-3-4-9-20-10-5-6-15(19)18-14-8-7-12(16)11-13(14)17/h7-8,11H,2-6,9-10,17H2,1H3,(H,18,19). The number of hydrogen-bond donors (Lipinski definition) is 2. The van der Waals surface area contributed by atoms with E-state index in [0.717, 1.165) is 12.2 Å². The average Bonchev–Trinajstić information content (AvgIpc) is 2.41. The minimum atomic E-state index is 0.00757. The van der Waals surface area contributed by atoms with Gasteiger partial charge in [0.25, 0.3) is 0 Å². The number of carbonyl (C=O) groups excluding carboxylic acids is 1. The van der Waals surface area contributed by atoms with Crippen LogP contribution in [0.1, 0.15) is 39.0 Å². The van der Waals surface area contributed by atoms with E-state index in [1.165, 1.54) is 25.0 Å². The molecule has 0 heterocycles. The number of nitrogens with one attached hydrogen (secondary N) is 1. The maximum atomic E-state index is 11.8. The summed E-state index contributed by atoms with van der Waals surface area (Å²) < 4.78 is 0. The van der Waals surface area contributed by atoms with E-state index in [1.807, 2.05) is 11.8 Å². The predicted octanol–water partition coefficient (Wildman–Crippen LogP) is 4.56. The first-order chi connectivity index (χ1) is 9.63. The first-order valence-electron chi connectivity index (χ1n) is 7.06. The Labute approximate surface area is 130 Å². The Hall–Kier alpha value is -0.870. The van der Waals surface area contributed by atoms with E-state index in [0.29, 0.717) is 22.8 Å². The third-order valence-corrected chi connectivity index (χ3v) is 4.26. The van der Waals surface area contributed by atoms with Gasteiger partial charge in [-0.3, -0.25) is 4.79 Å². The third-order valence-electron chi connectivity index (χ3n) is 2.87. The van der Waals surface area contributed by atoms with Crippen molar-refractivity contribution in [1.29, 1.82) is 0 Å². The van der Waals surface area contributed by atoms with Crippen LogP contribution < -0.4 is 11.1 Å². The molecule has 0 atom stereocenters. The third kappa shape index (κ3) is 7.06. The molecule has 0 unspecified atom stereocenters. The molecule has 1 rings (SSSR count). The number of carbonyl (C=O) groups is 1. The Morgan fingerprint density at radius 2 is 2.05 bits per heavy atom. The van der Waals surface area contributed by atoms with Crippen molar-refractivity contribution in [1.82, 2.24) is 0 Å². The molecule has 0 aliphatic rings. The molecule has 5 heteroatoms. The smallest absolute Gasteiger partial charge is 0.224 e. The molecule has 1 amide bonds. The van der Waals surface area contributed by atoms with Gasteiger partial charge in [0.2, 0.25) is 5.91 Å². The molecule has 1 aromatic rings. The Morgan fingerprint density at radius 1 is 1.30 bits per heavy atom. The average molecular weight is 315 g/mol. The summed E-state index contributed by atoms with van der Waals surface area (Å²) in [5.41, 5.74) is 6.92. The van der Waals surface area contributed by atoms with Crippen LogP contribution in [0.25, 0.3) is 0 Å². The van der Waals surface area contributed by atoms with Gasteiger partial charge in [-0.1, -0.05) is 31.4 Å². The minimum Gasteiger partial charge on any atom is -0.397 e. The number of halogens is 1. The lowest BCUT2D eigenvalue weighted by atomic mass is 10.2. The second-order valence-corrected chi connectivity index (χ2v) is 6.36. The molecule has 3 nitrogen and oxygen atoms in total. The number of unbranched alkanes of at least 4 members (excludes halogenated alkanes) is 2. The highest BCUT2D eigenvalue weighted by Crippen LogP contribution is 2.22. The Bertz CT molecular complexity index is 426. The Kier molecular flexibility index (Phi) is 8.54. The van der Waals surface area contributed by atoms with Crippen LogP contribution in [-0.2, 0) is 4.79 Å². The molecule has 0 aliphatic heterocycles. The fraction of sp³-hybridized carbons (Fsp3) is 0.533. The van der Waals surface area contributed by atoms with Crippen LogP contribution in [0.3, 0.4) is 0 Å². The minimum absolute atomic E-state index is 0.00757. The van der Waals surface area contributed by atoms with Crippen LogP contribution in [0, 0.1) is 0 Å². The van der Waals surface area contributed by atoms with Gasteiger partial charge in [0, 0.05) is 11.4 Å². The van der Waals surface area contributed by atoms with Gasteiger partial charge in [-0.2, -0.15) is 11.8 Å². The van der Waals surface area contributed by atoms with Gasteiger partial charge in [-0.05, 0) is 42.5 Å². The molecule has 112 valence electrons. The number of thioether (sulfide) groups is 1. The van der Waals surface area contributed by atoms with E-state index in [1.54, 1.807) is 18.2 Å². The summed E-state index contributed by atoms with van der Waals surface area (Å²) in [5.74, 6) is 2.24. The van der Waals surface area contributed by atoms with E-state index < -0.39 is 0 Å². The molecule has 0 fully saturated rings. The fourth-order valence-corrected chi connectivity index (χ4v) is 2.89. The number of nitrogens with two attached hydrogens (primary N) is 1. The first-order valence-corrected chi connectivity index (χ1v) is 8.59. The first kappa shape index (κ1) is 17.2. The molecule has 0 saturated carbocycles. The molecular weight excluding hydrogens is 292 g/mol. The van der Waals surface area contributed by atoms with Crippen molar-refractivity contribution in [3.63, 3.8) is 0 Å². The van der Waals surface area contributed by atoms with Crippen molar-refractivity contribution in [3.8, 4) is 0 Å². The number of hydrogen-bond acceptors (Lipinski definition) is 3. The zero-order chi connectivity index (χ0) is 14.8. The molecule has 20 heavy (non-hydrogen) atoms. The van der Waals surface area contributed by atoms with E-state index in [4.69, 9.17) is 17.3 Å². The Balaban J connectivity index is 2.17. The summed E-state index contributed by atoms with van der Waals surface area (Å²) in [6.45, 7) is 2.21. The maximum absolute atomic E-state index is 11.8. The molecular formula is C15H23ClN2OS. The highest BCUT2D eigenvalue weighted by Gasteiger charge is 2.05. The highest BCUT2D eigenvalue weighted by molar-refractivity contribution is 7.99. The zero-order valence-electron chi connectivity index (χ0n) is 12.0. The number of benzene rings is 1. The molecule has 0 bridgehead atoms. The van der Waals surface area contributed by atoms with Gasteiger partial charge >= 0.3 is 0 Å². The molecule has 1 aromatic carbocycles. The van der Waals surface area contributed by atoms with E-state index >= 15 is 0 Å². The predicted molar refractivity (Wildman–Crippen MR) is 90.6 cm³/mol. The number of nitrogen functional groups attached to an aromatic ring is 1. The second-order valence-electron chi connectivity index (χ2n) is 4.70. The van der Waals surface area contributed by atoms with Gasteiger partial charge < -0.3 is 11.1 Å². The van der Waals surface area contributed by atoms with Crippen LogP contribution in [0.4, 0.5) is 11.4 Å². The SMILES string of the molecule is CCCCCSCCCC(=O)Nc1ccc(Cl)cc1N. The molecule has 0 spiro atoms. The molecule has 0 radical (unpaired) electrons. The van der Waals surface area contributed by atoms with Crippen LogP contribution in [0.15, 0.2) is 18.2 Å². The van der Waals surface area contributed by atoms with Gasteiger partial charge in [0.15, 0.2) is 0 Å². The summed E-state index contributed by atoms with van der Waals surface area (Å²) >= 11 is 7.74. The van der Waals surface area contributed by atoms with Gasteiger partial charge in [0.1, 0.15) is 0 Å². The van der Waals surface area contributed by atoms with Crippen molar-refractivity contribution in [2.24, 2.45) is 0 Å². The summed E-state index contributed by atoms with van der Waals surface area (Å²) in [4.78, 5) is 11.8. The lowest BCUT2D eigenvalue weighted by Gasteiger charge is -2.08. The van der Waals surface area contributed by atoms with E-state index in [2.05, 4.69) is 12.2 Å². The van der Waals surface area contributed by atoms with Crippen molar-refractivity contribution >= 4 is 40.6 Å². The van der Waals surface area contributed by atoms with Crippen LogP contribution in [0.2, 0.25) is 5.02 Å².